The van der Waals surface area contributed by atoms with Gasteiger partial charge < -0.3 is 15.7 Å². The minimum atomic E-state index is -1.38. The van der Waals surface area contributed by atoms with Gasteiger partial charge in [0.1, 0.15) is 0 Å². The molecule has 4 heteroatoms. The number of carbonyl (C=O) groups is 1. The van der Waals surface area contributed by atoms with Gasteiger partial charge in [-0.25, -0.2) is 0 Å². The Hall–Kier alpha value is -1.39. The van der Waals surface area contributed by atoms with Crippen LogP contribution < -0.4 is 5.73 Å². The van der Waals surface area contributed by atoms with E-state index in [0.717, 1.165) is 44.1 Å². The second kappa shape index (κ2) is 7.24. The molecule has 132 valence electrons. The van der Waals surface area contributed by atoms with Gasteiger partial charge in [0.2, 0.25) is 0 Å². The Kier molecular flexibility index (Phi) is 5.26. The van der Waals surface area contributed by atoms with E-state index >= 15 is 0 Å². The SMILES string of the molecule is CC(N)C1CCN(C(=O)[C@](O)(c2ccccc2)C2CCCC2)CC1. The highest BCUT2D eigenvalue weighted by Gasteiger charge is 2.48. The molecular weight excluding hydrogens is 300 g/mol. The number of aliphatic hydroxyl groups is 1. The fourth-order valence-electron chi connectivity index (χ4n) is 4.44. The van der Waals surface area contributed by atoms with Gasteiger partial charge in [-0.1, -0.05) is 43.2 Å². The zero-order valence-corrected chi connectivity index (χ0v) is 14.7. The molecule has 24 heavy (non-hydrogen) atoms. The predicted octanol–water partition coefficient (Wildman–Crippen LogP) is 2.65. The highest BCUT2D eigenvalue weighted by Crippen LogP contribution is 2.42. The Labute approximate surface area is 145 Å². The summed E-state index contributed by atoms with van der Waals surface area (Å²) < 4.78 is 0. The molecule has 3 rings (SSSR count). The molecule has 3 N–H and O–H groups in total. The molecule has 1 saturated heterocycles. The van der Waals surface area contributed by atoms with Crippen LogP contribution in [-0.4, -0.2) is 35.0 Å². The summed E-state index contributed by atoms with van der Waals surface area (Å²) in [4.78, 5) is 15.2. The van der Waals surface area contributed by atoms with Crippen molar-refractivity contribution in [2.75, 3.05) is 13.1 Å². The van der Waals surface area contributed by atoms with Gasteiger partial charge in [0.15, 0.2) is 5.60 Å². The van der Waals surface area contributed by atoms with Crippen molar-refractivity contribution >= 4 is 5.91 Å². The maximum Gasteiger partial charge on any atom is 0.259 e. The summed E-state index contributed by atoms with van der Waals surface area (Å²) in [5.74, 6) is 0.396. The summed E-state index contributed by atoms with van der Waals surface area (Å²) >= 11 is 0. The molecule has 2 atom stereocenters. The lowest BCUT2D eigenvalue weighted by molar-refractivity contribution is -0.161. The van der Waals surface area contributed by atoms with E-state index in [1.165, 1.54) is 0 Å². The van der Waals surface area contributed by atoms with Crippen LogP contribution in [0.3, 0.4) is 0 Å². The van der Waals surface area contributed by atoms with Crippen LogP contribution in [0.2, 0.25) is 0 Å². The molecule has 4 nitrogen and oxygen atoms in total. The third kappa shape index (κ3) is 3.22. The van der Waals surface area contributed by atoms with Crippen LogP contribution in [0.5, 0.6) is 0 Å². The summed E-state index contributed by atoms with van der Waals surface area (Å²) in [6.07, 6.45) is 5.90. The zero-order chi connectivity index (χ0) is 17.2. The molecule has 2 aliphatic rings. The Morgan fingerprint density at radius 3 is 2.29 bits per heavy atom. The topological polar surface area (TPSA) is 66.6 Å². The van der Waals surface area contributed by atoms with E-state index < -0.39 is 5.60 Å². The lowest BCUT2D eigenvalue weighted by atomic mass is 9.78. The maximum absolute atomic E-state index is 13.3. The van der Waals surface area contributed by atoms with Crippen molar-refractivity contribution in [1.29, 1.82) is 0 Å². The summed E-state index contributed by atoms with van der Waals surface area (Å²) in [6, 6.07) is 9.70. The summed E-state index contributed by atoms with van der Waals surface area (Å²) in [6.45, 7) is 3.45. The molecule has 0 aromatic heterocycles. The van der Waals surface area contributed by atoms with Crippen LogP contribution in [0.25, 0.3) is 0 Å². The molecule has 1 aliphatic heterocycles. The molecule has 0 spiro atoms. The number of nitrogens with zero attached hydrogens (tertiary/aromatic N) is 1. The molecule has 1 aliphatic carbocycles. The second-order valence-corrected chi connectivity index (χ2v) is 7.60. The van der Waals surface area contributed by atoms with Gasteiger partial charge in [-0.2, -0.15) is 0 Å². The number of hydrogen-bond donors (Lipinski definition) is 2. The minimum absolute atomic E-state index is 0.0264. The molecular formula is C20H30N2O2. The van der Waals surface area contributed by atoms with Crippen molar-refractivity contribution in [3.8, 4) is 0 Å². The molecule has 1 aromatic carbocycles. The number of benzene rings is 1. The van der Waals surface area contributed by atoms with Gasteiger partial charge in [-0.05, 0) is 44.1 Å². The fraction of sp³-hybridized carbons (Fsp3) is 0.650. The quantitative estimate of drug-likeness (QED) is 0.892. The average molecular weight is 330 g/mol. The predicted molar refractivity (Wildman–Crippen MR) is 95.3 cm³/mol. The van der Waals surface area contributed by atoms with Gasteiger partial charge in [0.25, 0.3) is 5.91 Å². The third-order valence-corrected chi connectivity index (χ3v) is 6.06. The number of piperidine rings is 1. The Morgan fingerprint density at radius 2 is 1.75 bits per heavy atom. The van der Waals surface area contributed by atoms with Crippen molar-refractivity contribution in [1.82, 2.24) is 4.90 Å². The molecule has 2 fully saturated rings. The molecule has 1 aromatic rings. The van der Waals surface area contributed by atoms with Crippen LogP contribution in [0.15, 0.2) is 30.3 Å². The van der Waals surface area contributed by atoms with Crippen molar-refractivity contribution in [2.45, 2.75) is 57.1 Å². The first-order valence-electron chi connectivity index (χ1n) is 9.36. The number of amides is 1. The van der Waals surface area contributed by atoms with Crippen LogP contribution in [-0.2, 0) is 10.4 Å². The molecule has 1 heterocycles. The number of rotatable bonds is 4. The maximum atomic E-state index is 13.3. The third-order valence-electron chi connectivity index (χ3n) is 6.06. The zero-order valence-electron chi connectivity index (χ0n) is 14.7. The van der Waals surface area contributed by atoms with Crippen LogP contribution in [0.1, 0.15) is 51.0 Å². The van der Waals surface area contributed by atoms with Crippen molar-refractivity contribution < 1.29 is 9.90 Å². The first-order valence-corrected chi connectivity index (χ1v) is 9.36. The summed E-state index contributed by atoms with van der Waals surface area (Å²) in [5, 5.41) is 11.6. The highest BCUT2D eigenvalue weighted by molar-refractivity contribution is 5.87. The average Bonchev–Trinajstić information content (AvgIpc) is 3.16. The van der Waals surface area contributed by atoms with Crippen LogP contribution in [0, 0.1) is 11.8 Å². The van der Waals surface area contributed by atoms with Crippen molar-refractivity contribution in [3.63, 3.8) is 0 Å². The van der Waals surface area contributed by atoms with Gasteiger partial charge in [-0.3, -0.25) is 4.79 Å². The smallest absolute Gasteiger partial charge is 0.259 e. The largest absolute Gasteiger partial charge is 0.375 e. The second-order valence-electron chi connectivity index (χ2n) is 7.60. The normalized spacial score (nSPS) is 23.9. The molecule has 1 amide bonds. The van der Waals surface area contributed by atoms with E-state index in [1.807, 2.05) is 42.2 Å². The highest BCUT2D eigenvalue weighted by atomic mass is 16.3. The van der Waals surface area contributed by atoms with E-state index in [2.05, 4.69) is 0 Å². The number of hydrogen-bond acceptors (Lipinski definition) is 3. The summed E-state index contributed by atoms with van der Waals surface area (Å²) in [7, 11) is 0. The Bertz CT molecular complexity index is 546. The van der Waals surface area contributed by atoms with E-state index in [-0.39, 0.29) is 17.9 Å². The Morgan fingerprint density at radius 1 is 1.17 bits per heavy atom. The standard InChI is InChI=1S/C20H30N2O2/c1-15(21)16-11-13-22(14-12-16)19(23)20(24,18-9-5-6-10-18)17-7-3-2-4-8-17/h2-4,7-8,15-16,18,24H,5-6,9-14,21H2,1H3/t15?,20-/m0/s1. The van der Waals surface area contributed by atoms with Gasteiger partial charge in [0, 0.05) is 25.0 Å². The minimum Gasteiger partial charge on any atom is -0.375 e. The number of nitrogens with two attached hydrogens (primary N) is 1. The Balaban J connectivity index is 1.82. The van der Waals surface area contributed by atoms with E-state index in [0.29, 0.717) is 19.0 Å². The summed E-state index contributed by atoms with van der Waals surface area (Å²) in [5.41, 5.74) is 5.38. The van der Waals surface area contributed by atoms with Gasteiger partial charge in [0.05, 0.1) is 0 Å². The van der Waals surface area contributed by atoms with Crippen LogP contribution >= 0.6 is 0 Å². The van der Waals surface area contributed by atoms with E-state index in [4.69, 9.17) is 5.73 Å². The first-order chi connectivity index (χ1) is 11.5. The van der Waals surface area contributed by atoms with E-state index in [9.17, 15) is 9.90 Å². The number of likely N-dealkylation sites (tertiary alicyclic amines) is 1. The monoisotopic (exact) mass is 330 g/mol. The first kappa shape index (κ1) is 17.4. The molecule has 0 radical (unpaired) electrons. The fourth-order valence-corrected chi connectivity index (χ4v) is 4.44. The van der Waals surface area contributed by atoms with Gasteiger partial charge >= 0.3 is 0 Å². The van der Waals surface area contributed by atoms with Gasteiger partial charge in [-0.15, -0.1) is 0 Å². The molecule has 1 unspecified atom stereocenters. The number of carbonyl (C=O) groups excluding carboxylic acids is 1. The van der Waals surface area contributed by atoms with Crippen molar-refractivity contribution in [3.05, 3.63) is 35.9 Å². The van der Waals surface area contributed by atoms with E-state index in [1.54, 1.807) is 0 Å². The van der Waals surface area contributed by atoms with Crippen molar-refractivity contribution in [2.24, 2.45) is 17.6 Å². The molecule has 1 saturated carbocycles. The molecule has 0 bridgehead atoms. The lowest BCUT2D eigenvalue weighted by Gasteiger charge is -2.41. The van der Waals surface area contributed by atoms with Crippen LogP contribution in [0.4, 0.5) is 0 Å². The lowest BCUT2D eigenvalue weighted by Crippen LogP contribution is -2.53.